The molecule has 1 unspecified atom stereocenters. The molecule has 0 saturated carbocycles. The van der Waals surface area contributed by atoms with E-state index >= 15 is 0 Å². The Hall–Kier alpha value is -3.37. The van der Waals surface area contributed by atoms with E-state index in [4.69, 9.17) is 4.74 Å². The molecule has 0 aliphatic rings. The van der Waals surface area contributed by atoms with Gasteiger partial charge >= 0.3 is 0 Å². The van der Waals surface area contributed by atoms with E-state index in [-0.39, 0.29) is 23.0 Å². The van der Waals surface area contributed by atoms with Crippen molar-refractivity contribution in [2.75, 3.05) is 25.0 Å². The van der Waals surface area contributed by atoms with Gasteiger partial charge in [-0.2, -0.15) is 0 Å². The van der Waals surface area contributed by atoms with E-state index in [9.17, 15) is 18.0 Å². The molecule has 0 spiro atoms. The van der Waals surface area contributed by atoms with Crippen LogP contribution in [0.15, 0.2) is 88.2 Å². The van der Waals surface area contributed by atoms with Crippen molar-refractivity contribution in [2.45, 2.75) is 24.4 Å². The first-order chi connectivity index (χ1) is 17.2. The Morgan fingerprint density at radius 2 is 1.67 bits per heavy atom. The van der Waals surface area contributed by atoms with Crippen LogP contribution in [0, 0.1) is 0 Å². The number of nitrogens with one attached hydrogen (secondary N) is 1. The van der Waals surface area contributed by atoms with Crippen LogP contribution in [0.1, 0.15) is 12.5 Å². The maximum absolute atomic E-state index is 13.7. The number of nitrogens with zero attached hydrogens (tertiary/aromatic N) is 2. The average molecular weight is 574 g/mol. The highest BCUT2D eigenvalue weighted by Gasteiger charge is 2.33. The van der Waals surface area contributed by atoms with Crippen molar-refractivity contribution in [3.05, 3.63) is 88.9 Å². The Labute approximate surface area is 220 Å². The molecule has 0 aliphatic carbocycles. The number of likely N-dealkylation sites (N-methyl/N-ethyl adjacent to an activating group) is 1. The Morgan fingerprint density at radius 3 is 2.31 bits per heavy atom. The Kier molecular flexibility index (Phi) is 9.11. The summed E-state index contributed by atoms with van der Waals surface area (Å²) in [7, 11) is -1.23. The molecule has 0 heterocycles. The first-order valence-corrected chi connectivity index (χ1v) is 13.4. The SMILES string of the molecule is CNC(=O)C(C)N(Cc1cccc(Br)c1)C(=O)CN(c1ccccc1OC)S(=O)(=O)c1ccccc1. The van der Waals surface area contributed by atoms with Crippen LogP contribution in [0.4, 0.5) is 5.69 Å². The highest BCUT2D eigenvalue weighted by Crippen LogP contribution is 2.32. The molecule has 36 heavy (non-hydrogen) atoms. The van der Waals surface area contributed by atoms with E-state index in [1.165, 1.54) is 31.2 Å². The van der Waals surface area contributed by atoms with E-state index in [2.05, 4.69) is 21.2 Å². The van der Waals surface area contributed by atoms with E-state index in [1.54, 1.807) is 49.4 Å². The molecule has 1 atom stereocenters. The Bertz CT molecular complexity index is 1320. The molecule has 8 nitrogen and oxygen atoms in total. The number of hydrogen-bond acceptors (Lipinski definition) is 5. The summed E-state index contributed by atoms with van der Waals surface area (Å²) in [6, 6.07) is 21.0. The van der Waals surface area contributed by atoms with Crippen molar-refractivity contribution in [1.29, 1.82) is 0 Å². The zero-order valence-electron chi connectivity index (χ0n) is 20.2. The molecule has 0 aromatic heterocycles. The number of hydrogen-bond donors (Lipinski definition) is 1. The number of carbonyl (C=O) groups is 2. The fraction of sp³-hybridized carbons (Fsp3) is 0.231. The summed E-state index contributed by atoms with van der Waals surface area (Å²) in [5.74, 6) is -0.618. The summed E-state index contributed by atoms with van der Waals surface area (Å²) in [4.78, 5) is 27.7. The van der Waals surface area contributed by atoms with Gasteiger partial charge in [0.1, 0.15) is 18.3 Å². The third-order valence-corrected chi connectivity index (χ3v) is 7.89. The standard InChI is InChI=1S/C26H28BrN3O5S/c1-19(26(32)28-2)29(17-20-10-9-11-21(27)16-20)25(31)18-30(23-14-7-8-15-24(23)35-3)36(33,34)22-12-5-4-6-13-22/h4-16,19H,17-18H2,1-3H3,(H,28,32). The fourth-order valence-electron chi connectivity index (χ4n) is 3.69. The zero-order chi connectivity index (χ0) is 26.3. The highest BCUT2D eigenvalue weighted by atomic mass is 79.9. The topological polar surface area (TPSA) is 96.0 Å². The molecule has 3 aromatic rings. The molecule has 10 heteroatoms. The van der Waals surface area contributed by atoms with Crippen molar-refractivity contribution in [1.82, 2.24) is 10.2 Å². The van der Waals surface area contributed by atoms with Crippen LogP contribution >= 0.6 is 15.9 Å². The lowest BCUT2D eigenvalue weighted by Gasteiger charge is -2.32. The molecular formula is C26H28BrN3O5S. The van der Waals surface area contributed by atoms with E-state index < -0.39 is 28.5 Å². The fourth-order valence-corrected chi connectivity index (χ4v) is 5.58. The predicted molar refractivity (Wildman–Crippen MR) is 142 cm³/mol. The number of benzene rings is 3. The zero-order valence-corrected chi connectivity index (χ0v) is 22.6. The van der Waals surface area contributed by atoms with Gasteiger partial charge in [0.2, 0.25) is 11.8 Å². The summed E-state index contributed by atoms with van der Waals surface area (Å²) in [5, 5.41) is 2.56. The second kappa shape index (κ2) is 12.0. The largest absolute Gasteiger partial charge is 0.495 e. The van der Waals surface area contributed by atoms with Gasteiger partial charge in [0, 0.05) is 18.1 Å². The molecule has 190 valence electrons. The monoisotopic (exact) mass is 573 g/mol. The van der Waals surface area contributed by atoms with Gasteiger partial charge in [-0.25, -0.2) is 8.42 Å². The number of para-hydroxylation sites is 2. The number of methoxy groups -OCH3 is 1. The average Bonchev–Trinajstić information content (AvgIpc) is 2.89. The second-order valence-corrected chi connectivity index (χ2v) is 10.7. The number of sulfonamides is 1. The van der Waals surface area contributed by atoms with Crippen molar-refractivity contribution >= 4 is 43.5 Å². The van der Waals surface area contributed by atoms with E-state index in [1.807, 2.05) is 24.3 Å². The molecular weight excluding hydrogens is 546 g/mol. The molecule has 0 saturated heterocycles. The van der Waals surface area contributed by atoms with Gasteiger partial charge < -0.3 is 15.0 Å². The van der Waals surface area contributed by atoms with Gasteiger partial charge in [0.05, 0.1) is 17.7 Å². The van der Waals surface area contributed by atoms with E-state index in [0.29, 0.717) is 5.75 Å². The molecule has 0 bridgehead atoms. The van der Waals surface area contributed by atoms with Gasteiger partial charge in [0.15, 0.2) is 0 Å². The first kappa shape index (κ1) is 27.2. The molecule has 2 amide bonds. The Balaban J connectivity index is 2.06. The highest BCUT2D eigenvalue weighted by molar-refractivity contribution is 9.10. The van der Waals surface area contributed by atoms with Gasteiger partial charge in [0.25, 0.3) is 10.0 Å². The lowest BCUT2D eigenvalue weighted by molar-refractivity contribution is -0.139. The number of anilines is 1. The van der Waals surface area contributed by atoms with Gasteiger partial charge in [-0.05, 0) is 48.9 Å². The maximum Gasteiger partial charge on any atom is 0.264 e. The lowest BCUT2D eigenvalue weighted by atomic mass is 10.1. The third-order valence-electron chi connectivity index (χ3n) is 5.62. The van der Waals surface area contributed by atoms with Crippen molar-refractivity contribution in [3.8, 4) is 5.75 Å². The van der Waals surface area contributed by atoms with Gasteiger partial charge in [-0.1, -0.05) is 58.4 Å². The summed E-state index contributed by atoms with van der Waals surface area (Å²) in [6.45, 7) is 1.18. The van der Waals surface area contributed by atoms with Crippen LogP contribution in [0.25, 0.3) is 0 Å². The summed E-state index contributed by atoms with van der Waals surface area (Å²) in [5.41, 5.74) is 0.996. The molecule has 1 N–H and O–H groups in total. The number of carbonyl (C=O) groups excluding carboxylic acids is 2. The van der Waals surface area contributed by atoms with Gasteiger partial charge in [-0.15, -0.1) is 0 Å². The van der Waals surface area contributed by atoms with Crippen LogP contribution in [-0.2, 0) is 26.2 Å². The van der Waals surface area contributed by atoms with Crippen LogP contribution in [-0.4, -0.2) is 51.9 Å². The smallest absolute Gasteiger partial charge is 0.264 e. The maximum atomic E-state index is 13.7. The number of amides is 2. The Morgan fingerprint density at radius 1 is 1.00 bits per heavy atom. The number of ether oxygens (including phenoxy) is 1. The first-order valence-electron chi connectivity index (χ1n) is 11.2. The second-order valence-electron chi connectivity index (χ2n) is 7.94. The quantitative estimate of drug-likeness (QED) is 0.398. The van der Waals surface area contributed by atoms with E-state index in [0.717, 1.165) is 14.3 Å². The van der Waals surface area contributed by atoms with Crippen LogP contribution < -0.4 is 14.4 Å². The van der Waals surface area contributed by atoms with Crippen LogP contribution in [0.5, 0.6) is 5.75 Å². The lowest BCUT2D eigenvalue weighted by Crippen LogP contribution is -2.50. The van der Waals surface area contributed by atoms with Crippen LogP contribution in [0.3, 0.4) is 0 Å². The van der Waals surface area contributed by atoms with Crippen molar-refractivity contribution in [3.63, 3.8) is 0 Å². The summed E-state index contributed by atoms with van der Waals surface area (Å²) >= 11 is 3.42. The molecule has 0 aliphatic heterocycles. The van der Waals surface area contributed by atoms with Gasteiger partial charge in [-0.3, -0.25) is 13.9 Å². The minimum absolute atomic E-state index is 0.0293. The molecule has 3 rings (SSSR count). The molecule has 0 fully saturated rings. The summed E-state index contributed by atoms with van der Waals surface area (Å²) < 4.78 is 34.7. The minimum Gasteiger partial charge on any atom is -0.495 e. The van der Waals surface area contributed by atoms with Crippen molar-refractivity contribution in [2.24, 2.45) is 0 Å². The summed E-state index contributed by atoms with van der Waals surface area (Å²) in [6.07, 6.45) is 0. The van der Waals surface area contributed by atoms with Crippen molar-refractivity contribution < 1.29 is 22.7 Å². The molecule has 0 radical (unpaired) electrons. The third kappa shape index (κ3) is 6.24. The number of halogens is 1. The normalized spacial score (nSPS) is 11.9. The predicted octanol–water partition coefficient (Wildman–Crippen LogP) is 3.82. The minimum atomic E-state index is -4.15. The van der Waals surface area contributed by atoms with Crippen LogP contribution in [0.2, 0.25) is 0 Å². The molecule has 3 aromatic carbocycles. The number of rotatable bonds is 10.